The van der Waals surface area contributed by atoms with E-state index < -0.39 is 11.6 Å². The highest BCUT2D eigenvalue weighted by molar-refractivity contribution is 6.12. The van der Waals surface area contributed by atoms with Gasteiger partial charge in [-0.15, -0.1) is 0 Å². The van der Waals surface area contributed by atoms with Crippen LogP contribution in [0.5, 0.6) is 5.75 Å². The first-order valence-electron chi connectivity index (χ1n) is 9.08. The average molecular weight is 367 g/mol. The monoisotopic (exact) mass is 367 g/mol. The van der Waals surface area contributed by atoms with Crippen LogP contribution >= 0.6 is 0 Å². The third-order valence-corrected chi connectivity index (χ3v) is 4.58. The second-order valence-corrected chi connectivity index (χ2v) is 7.04. The molecule has 2 aromatic rings. The topological polar surface area (TPSA) is 70.7 Å². The molecule has 0 bridgehead atoms. The molecule has 142 valence electrons. The number of hydrogen-bond acceptors (Lipinski definition) is 4. The van der Waals surface area contributed by atoms with E-state index in [1.165, 1.54) is 0 Å². The van der Waals surface area contributed by atoms with Crippen LogP contribution in [0.1, 0.15) is 27.7 Å². The van der Waals surface area contributed by atoms with Gasteiger partial charge in [-0.1, -0.05) is 24.3 Å². The fourth-order valence-electron chi connectivity index (χ4n) is 3.18. The molecule has 0 aromatic heterocycles. The molecule has 27 heavy (non-hydrogen) atoms. The largest absolute Gasteiger partial charge is 0.492 e. The molecule has 1 unspecified atom stereocenters. The van der Waals surface area contributed by atoms with Gasteiger partial charge in [-0.3, -0.25) is 14.5 Å². The first-order valence-corrected chi connectivity index (χ1v) is 9.08. The molecule has 0 spiro atoms. The van der Waals surface area contributed by atoms with E-state index in [9.17, 15) is 9.59 Å². The van der Waals surface area contributed by atoms with Gasteiger partial charge in [-0.05, 0) is 52.0 Å². The molecule has 3 rings (SSSR count). The summed E-state index contributed by atoms with van der Waals surface area (Å²) in [6.07, 6.45) is 0. The number of carbonyl (C=O) groups is 2. The molecule has 2 amide bonds. The van der Waals surface area contributed by atoms with Gasteiger partial charge in [0.15, 0.2) is 0 Å². The minimum absolute atomic E-state index is 0.151. The summed E-state index contributed by atoms with van der Waals surface area (Å²) >= 11 is 0. The molecule has 6 heteroatoms. The van der Waals surface area contributed by atoms with Gasteiger partial charge in [0, 0.05) is 0 Å². The van der Waals surface area contributed by atoms with E-state index in [-0.39, 0.29) is 11.8 Å². The Morgan fingerprint density at radius 3 is 2.59 bits per heavy atom. The number of nitrogens with zero attached hydrogens (tertiary/aromatic N) is 1. The van der Waals surface area contributed by atoms with Gasteiger partial charge in [-0.25, -0.2) is 0 Å². The van der Waals surface area contributed by atoms with Gasteiger partial charge in [-0.2, -0.15) is 0 Å². The molecule has 0 aliphatic carbocycles. The minimum atomic E-state index is -0.799. The van der Waals surface area contributed by atoms with Crippen molar-refractivity contribution in [3.8, 4) is 5.75 Å². The van der Waals surface area contributed by atoms with Crippen molar-refractivity contribution < 1.29 is 14.3 Å². The maximum atomic E-state index is 13.0. The summed E-state index contributed by atoms with van der Waals surface area (Å²) < 4.78 is 5.57. The molecule has 1 heterocycles. The molecule has 1 aliphatic heterocycles. The van der Waals surface area contributed by atoms with Crippen molar-refractivity contribution in [2.75, 3.05) is 22.1 Å². The Bertz CT molecular complexity index is 863. The van der Waals surface area contributed by atoms with E-state index in [0.717, 1.165) is 5.69 Å². The third kappa shape index (κ3) is 3.60. The number of rotatable bonds is 5. The number of fused-ring (bicyclic) bond motifs is 1. The maximum Gasteiger partial charge on any atom is 0.252 e. The number of amides is 2. The Morgan fingerprint density at radius 1 is 1.19 bits per heavy atom. The normalized spacial score (nSPS) is 16.1. The number of ether oxygens (including phenoxy) is 1. The van der Waals surface area contributed by atoms with Crippen LogP contribution in [0.2, 0.25) is 0 Å². The van der Waals surface area contributed by atoms with Crippen LogP contribution in [0.3, 0.4) is 0 Å². The molecule has 6 nitrogen and oxygen atoms in total. The summed E-state index contributed by atoms with van der Waals surface area (Å²) in [4.78, 5) is 27.5. The predicted octanol–water partition coefficient (Wildman–Crippen LogP) is 3.65. The number of nitrogens with one attached hydrogen (secondary N) is 2. The first kappa shape index (κ1) is 18.8. The van der Waals surface area contributed by atoms with Gasteiger partial charge >= 0.3 is 0 Å². The third-order valence-electron chi connectivity index (χ3n) is 4.58. The lowest BCUT2D eigenvalue weighted by Crippen LogP contribution is -2.58. The van der Waals surface area contributed by atoms with Crippen LogP contribution in [-0.2, 0) is 9.59 Å². The molecule has 1 aliphatic rings. The molecule has 2 aromatic carbocycles. The van der Waals surface area contributed by atoms with E-state index >= 15 is 0 Å². The molecule has 0 fully saturated rings. The minimum Gasteiger partial charge on any atom is -0.492 e. The van der Waals surface area contributed by atoms with Crippen molar-refractivity contribution >= 4 is 28.9 Å². The molecule has 1 atom stereocenters. The molecule has 2 N–H and O–H groups in total. The van der Waals surface area contributed by atoms with Crippen LogP contribution in [0, 0.1) is 0 Å². The van der Waals surface area contributed by atoms with E-state index in [1.54, 1.807) is 24.0 Å². The van der Waals surface area contributed by atoms with Crippen molar-refractivity contribution in [2.45, 2.75) is 39.3 Å². The lowest BCUT2D eigenvalue weighted by molar-refractivity contribution is -0.125. The van der Waals surface area contributed by atoms with Crippen LogP contribution in [0.15, 0.2) is 48.5 Å². The summed E-state index contributed by atoms with van der Waals surface area (Å²) in [7, 11) is 0. The van der Waals surface area contributed by atoms with Crippen LogP contribution in [0.4, 0.5) is 17.1 Å². The summed E-state index contributed by atoms with van der Waals surface area (Å²) in [5.41, 5.74) is 1.32. The van der Waals surface area contributed by atoms with Crippen molar-refractivity contribution in [2.24, 2.45) is 0 Å². The van der Waals surface area contributed by atoms with Gasteiger partial charge in [0.05, 0.1) is 23.7 Å². The van der Waals surface area contributed by atoms with Gasteiger partial charge in [0.2, 0.25) is 5.91 Å². The number of anilines is 3. The van der Waals surface area contributed by atoms with Crippen molar-refractivity contribution in [3.05, 3.63) is 48.5 Å². The zero-order chi connectivity index (χ0) is 19.6. The van der Waals surface area contributed by atoms with Gasteiger partial charge in [0.25, 0.3) is 5.91 Å². The standard InChI is InChI=1S/C21H25N3O3/c1-5-27-18-13-9-7-11-16(18)22-19(25)14(2)24-17-12-8-6-10-15(17)23-21(3,4)20(24)26/h6-14,23H,5H2,1-4H3,(H,22,25). The summed E-state index contributed by atoms with van der Waals surface area (Å²) in [5.74, 6) is 0.179. The van der Waals surface area contributed by atoms with Crippen molar-refractivity contribution in [1.29, 1.82) is 0 Å². The lowest BCUT2D eigenvalue weighted by Gasteiger charge is -2.42. The SMILES string of the molecule is CCOc1ccccc1NC(=O)C(C)N1C(=O)C(C)(C)Nc2ccccc21. The Morgan fingerprint density at radius 2 is 1.85 bits per heavy atom. The number of hydrogen-bond donors (Lipinski definition) is 2. The number of carbonyl (C=O) groups excluding carboxylic acids is 2. The van der Waals surface area contributed by atoms with Crippen LogP contribution < -0.4 is 20.3 Å². The van der Waals surface area contributed by atoms with E-state index in [0.29, 0.717) is 23.7 Å². The van der Waals surface area contributed by atoms with Crippen molar-refractivity contribution in [1.82, 2.24) is 0 Å². The van der Waals surface area contributed by atoms with Gasteiger partial charge in [0.1, 0.15) is 17.3 Å². The maximum absolute atomic E-state index is 13.0. The Kier molecular flexibility index (Phi) is 5.08. The average Bonchev–Trinajstić information content (AvgIpc) is 2.64. The summed E-state index contributed by atoms with van der Waals surface area (Å²) in [5, 5.41) is 6.14. The Labute approximate surface area is 159 Å². The number of para-hydroxylation sites is 4. The lowest BCUT2D eigenvalue weighted by atomic mass is 9.96. The highest BCUT2D eigenvalue weighted by Gasteiger charge is 2.42. The molecular formula is C21H25N3O3. The fourth-order valence-corrected chi connectivity index (χ4v) is 3.18. The van der Waals surface area contributed by atoms with E-state index in [2.05, 4.69) is 10.6 Å². The molecule has 0 radical (unpaired) electrons. The zero-order valence-electron chi connectivity index (χ0n) is 16.1. The smallest absolute Gasteiger partial charge is 0.252 e. The molecule has 0 saturated carbocycles. The number of benzene rings is 2. The highest BCUT2D eigenvalue weighted by atomic mass is 16.5. The zero-order valence-corrected chi connectivity index (χ0v) is 16.1. The van der Waals surface area contributed by atoms with Gasteiger partial charge < -0.3 is 15.4 Å². The highest BCUT2D eigenvalue weighted by Crippen LogP contribution is 2.36. The van der Waals surface area contributed by atoms with E-state index in [1.807, 2.05) is 57.2 Å². The molecule has 0 saturated heterocycles. The Hall–Kier alpha value is -3.02. The molecular weight excluding hydrogens is 342 g/mol. The second-order valence-electron chi connectivity index (χ2n) is 7.04. The second kappa shape index (κ2) is 7.31. The summed E-state index contributed by atoms with van der Waals surface area (Å²) in [6, 6.07) is 14.1. The Balaban J connectivity index is 1.90. The fraction of sp³-hybridized carbons (Fsp3) is 0.333. The predicted molar refractivity (Wildman–Crippen MR) is 107 cm³/mol. The van der Waals surface area contributed by atoms with Crippen LogP contribution in [0.25, 0.3) is 0 Å². The first-order chi connectivity index (χ1) is 12.8. The quantitative estimate of drug-likeness (QED) is 0.846. The van der Waals surface area contributed by atoms with Crippen molar-refractivity contribution in [3.63, 3.8) is 0 Å². The summed E-state index contributed by atoms with van der Waals surface area (Å²) in [6.45, 7) is 7.75. The van der Waals surface area contributed by atoms with E-state index in [4.69, 9.17) is 4.74 Å². The van der Waals surface area contributed by atoms with Crippen LogP contribution in [-0.4, -0.2) is 30.0 Å².